The lowest BCUT2D eigenvalue weighted by molar-refractivity contribution is -0.133. The first-order valence-corrected chi connectivity index (χ1v) is 20.2. The highest BCUT2D eigenvalue weighted by molar-refractivity contribution is 8.14. The van der Waals surface area contributed by atoms with Gasteiger partial charge in [-0.05, 0) is 105 Å². The van der Waals surface area contributed by atoms with E-state index < -0.39 is 5.97 Å². The molecule has 1 heterocycles. The average Bonchev–Trinajstić information content (AvgIpc) is 3.64. The van der Waals surface area contributed by atoms with Gasteiger partial charge in [-0.15, -0.1) is 0 Å². The van der Waals surface area contributed by atoms with E-state index in [2.05, 4.69) is 173 Å². The highest BCUT2D eigenvalue weighted by atomic mass is 32.2. The van der Waals surface area contributed by atoms with E-state index in [9.17, 15) is 9.59 Å². The van der Waals surface area contributed by atoms with E-state index in [0.29, 0.717) is 0 Å². The SMILES string of the molecule is O=C(O)CSC1=N/C(=C\c2ccc(N(c3ccc(C=C(c4ccccc4)c4ccccc4)cc3)c3ccc(C=C(c4ccccc4)c4ccccc4)cc3)cc2)C(=O)N1. The molecule has 0 unspecified atom stereocenters. The Labute approximate surface area is 348 Å². The molecular formula is C52H39N3O3S. The minimum atomic E-state index is -0.977. The van der Waals surface area contributed by atoms with Crippen molar-refractivity contribution in [3.8, 4) is 0 Å². The number of nitrogens with one attached hydrogen (secondary N) is 1. The summed E-state index contributed by atoms with van der Waals surface area (Å²) < 4.78 is 0. The molecule has 0 aliphatic carbocycles. The van der Waals surface area contributed by atoms with E-state index in [0.717, 1.165) is 78.9 Å². The topological polar surface area (TPSA) is 82.0 Å². The molecule has 7 heteroatoms. The summed E-state index contributed by atoms with van der Waals surface area (Å²) in [5.74, 6) is -1.53. The zero-order valence-corrected chi connectivity index (χ0v) is 32.8. The summed E-state index contributed by atoms with van der Waals surface area (Å²) in [4.78, 5) is 30.2. The van der Waals surface area contributed by atoms with Crippen LogP contribution >= 0.6 is 11.8 Å². The Morgan fingerprint density at radius 3 is 1.24 bits per heavy atom. The van der Waals surface area contributed by atoms with Gasteiger partial charge in [-0.25, -0.2) is 4.99 Å². The molecule has 0 spiro atoms. The number of carbonyl (C=O) groups is 2. The minimum Gasteiger partial charge on any atom is -0.481 e. The number of carboxylic acid groups (broad SMARTS) is 1. The lowest BCUT2D eigenvalue weighted by Gasteiger charge is -2.26. The number of carbonyl (C=O) groups excluding carboxylic acids is 1. The first-order chi connectivity index (χ1) is 29.0. The molecule has 7 aromatic carbocycles. The van der Waals surface area contributed by atoms with Crippen molar-refractivity contribution in [3.05, 3.63) is 239 Å². The number of nitrogens with zero attached hydrogens (tertiary/aromatic N) is 2. The number of amides is 1. The van der Waals surface area contributed by atoms with Gasteiger partial charge < -0.3 is 10.0 Å². The monoisotopic (exact) mass is 785 g/mol. The van der Waals surface area contributed by atoms with Crippen molar-refractivity contribution in [2.24, 2.45) is 4.99 Å². The van der Waals surface area contributed by atoms with Gasteiger partial charge in [0.05, 0.1) is 5.75 Å². The summed E-state index contributed by atoms with van der Waals surface area (Å²) in [6.45, 7) is 0. The fraction of sp³-hybridized carbons (Fsp3) is 0.0192. The van der Waals surface area contributed by atoms with Gasteiger partial charge in [0.1, 0.15) is 5.70 Å². The van der Waals surface area contributed by atoms with Crippen molar-refractivity contribution in [2.75, 3.05) is 10.7 Å². The maximum absolute atomic E-state index is 12.6. The Hall–Kier alpha value is -7.48. The molecular weight excluding hydrogens is 747 g/mol. The lowest BCUT2D eigenvalue weighted by Crippen LogP contribution is -2.22. The van der Waals surface area contributed by atoms with Gasteiger partial charge >= 0.3 is 5.97 Å². The first kappa shape index (κ1) is 38.4. The second kappa shape index (κ2) is 18.2. The summed E-state index contributed by atoms with van der Waals surface area (Å²) in [6.07, 6.45) is 6.16. The molecule has 6 nitrogen and oxygen atoms in total. The number of thioether (sulfide) groups is 1. The molecule has 1 amide bonds. The van der Waals surface area contributed by atoms with Gasteiger partial charge in [0, 0.05) is 17.1 Å². The van der Waals surface area contributed by atoms with Crippen LogP contribution in [0, 0.1) is 0 Å². The number of anilines is 3. The summed E-state index contributed by atoms with van der Waals surface area (Å²) in [5, 5.41) is 12.0. The highest BCUT2D eigenvalue weighted by Crippen LogP contribution is 2.37. The van der Waals surface area contributed by atoms with E-state index in [1.165, 1.54) is 0 Å². The predicted octanol–water partition coefficient (Wildman–Crippen LogP) is 12.0. The molecule has 8 rings (SSSR count). The highest BCUT2D eigenvalue weighted by Gasteiger charge is 2.21. The van der Waals surface area contributed by atoms with Crippen molar-refractivity contribution in [2.45, 2.75) is 0 Å². The van der Waals surface area contributed by atoms with Crippen LogP contribution in [0.3, 0.4) is 0 Å². The number of rotatable bonds is 12. The van der Waals surface area contributed by atoms with Crippen LogP contribution in [0.2, 0.25) is 0 Å². The average molecular weight is 786 g/mol. The second-order valence-electron chi connectivity index (χ2n) is 13.8. The van der Waals surface area contributed by atoms with Gasteiger partial charge in [0.2, 0.25) is 0 Å². The van der Waals surface area contributed by atoms with E-state index in [-0.39, 0.29) is 22.5 Å². The normalized spacial score (nSPS) is 12.6. The molecule has 2 N–H and O–H groups in total. The number of hydrogen-bond donors (Lipinski definition) is 2. The number of benzene rings is 7. The fourth-order valence-electron chi connectivity index (χ4n) is 6.88. The van der Waals surface area contributed by atoms with Crippen molar-refractivity contribution in [1.29, 1.82) is 0 Å². The van der Waals surface area contributed by atoms with Crippen LogP contribution < -0.4 is 10.2 Å². The fourth-order valence-corrected chi connectivity index (χ4v) is 7.47. The first-order valence-electron chi connectivity index (χ1n) is 19.2. The molecule has 0 saturated heterocycles. The third-order valence-corrected chi connectivity index (χ3v) is 10.6. The van der Waals surface area contributed by atoms with Crippen LogP contribution in [0.25, 0.3) is 29.4 Å². The van der Waals surface area contributed by atoms with E-state index in [1.807, 2.05) is 48.5 Å². The minimum absolute atomic E-state index is 0.187. The van der Waals surface area contributed by atoms with Gasteiger partial charge in [-0.2, -0.15) is 0 Å². The third-order valence-electron chi connectivity index (χ3n) is 9.73. The Morgan fingerprint density at radius 2 is 0.881 bits per heavy atom. The number of aliphatic carboxylic acids is 1. The zero-order valence-electron chi connectivity index (χ0n) is 32.0. The molecule has 0 fully saturated rings. The Balaban J connectivity index is 1.15. The summed E-state index contributed by atoms with van der Waals surface area (Å²) in [7, 11) is 0. The number of amidine groups is 1. The van der Waals surface area contributed by atoms with Gasteiger partial charge in [0.25, 0.3) is 5.91 Å². The van der Waals surface area contributed by atoms with Crippen molar-refractivity contribution >= 4 is 75.2 Å². The van der Waals surface area contributed by atoms with Crippen LogP contribution in [0.1, 0.15) is 38.9 Å². The lowest BCUT2D eigenvalue weighted by atomic mass is 9.95. The molecule has 0 saturated carbocycles. The van der Waals surface area contributed by atoms with Crippen LogP contribution in [0.5, 0.6) is 0 Å². The van der Waals surface area contributed by atoms with Crippen molar-refractivity contribution in [3.63, 3.8) is 0 Å². The van der Waals surface area contributed by atoms with Crippen LogP contribution in [0.4, 0.5) is 17.1 Å². The molecule has 0 aromatic heterocycles. The smallest absolute Gasteiger partial charge is 0.313 e. The molecule has 0 radical (unpaired) electrons. The Bertz CT molecular complexity index is 2460. The molecule has 1 aliphatic rings. The predicted molar refractivity (Wildman–Crippen MR) is 244 cm³/mol. The van der Waals surface area contributed by atoms with Crippen molar-refractivity contribution in [1.82, 2.24) is 5.32 Å². The number of hydrogen-bond acceptors (Lipinski definition) is 5. The molecule has 286 valence electrons. The van der Waals surface area contributed by atoms with Crippen LogP contribution in [-0.2, 0) is 9.59 Å². The maximum Gasteiger partial charge on any atom is 0.313 e. The van der Waals surface area contributed by atoms with Crippen molar-refractivity contribution < 1.29 is 14.7 Å². The third kappa shape index (κ3) is 9.56. The molecule has 7 aromatic rings. The Morgan fingerprint density at radius 1 is 0.525 bits per heavy atom. The number of carboxylic acids is 1. The van der Waals surface area contributed by atoms with E-state index >= 15 is 0 Å². The maximum atomic E-state index is 12.6. The molecule has 1 aliphatic heterocycles. The van der Waals surface area contributed by atoms with Gasteiger partial charge in [0.15, 0.2) is 5.17 Å². The van der Waals surface area contributed by atoms with Crippen LogP contribution in [-0.4, -0.2) is 27.9 Å². The summed E-state index contributed by atoms with van der Waals surface area (Å²) >= 11 is 0.979. The Kier molecular flexibility index (Phi) is 11.8. The quantitative estimate of drug-likeness (QED) is 0.0952. The zero-order chi connectivity index (χ0) is 40.4. The van der Waals surface area contributed by atoms with Gasteiger partial charge in [-0.1, -0.05) is 169 Å². The largest absolute Gasteiger partial charge is 0.481 e. The summed E-state index contributed by atoms with van der Waals surface area (Å²) in [6, 6.07) is 66.8. The second-order valence-corrected chi connectivity index (χ2v) is 14.7. The molecule has 0 bridgehead atoms. The summed E-state index contributed by atoms with van der Waals surface area (Å²) in [5.41, 5.74) is 12.9. The van der Waals surface area contributed by atoms with Crippen LogP contribution in [0.15, 0.2) is 205 Å². The molecule has 0 atom stereocenters. The van der Waals surface area contributed by atoms with Gasteiger partial charge in [-0.3, -0.25) is 14.9 Å². The van der Waals surface area contributed by atoms with E-state index in [1.54, 1.807) is 6.08 Å². The standard InChI is InChI=1S/C52H39N3O3S/c56-50(57)36-59-52-53-49(51(58)54-52)35-39-25-31-46(32-26-39)55(44-27-21-37(22-28-44)33-47(40-13-5-1-6-14-40)41-15-7-2-8-16-41)45-29-23-38(24-30-45)34-48(42-17-9-3-10-18-42)43-19-11-4-12-20-43/h1-35H,36H2,(H,56,57)(H,53,54,58)/b49-35-. The number of aliphatic imine (C=N–C) groups is 1. The van der Waals surface area contributed by atoms with E-state index in [4.69, 9.17) is 5.11 Å². The molecule has 59 heavy (non-hydrogen) atoms.